The topological polar surface area (TPSA) is 83.1 Å². The normalized spacial score (nSPS) is 18.2. The third-order valence-corrected chi connectivity index (χ3v) is 5.75. The molecule has 1 aromatic carbocycles. The number of nitrogens with zero attached hydrogens (tertiary/aromatic N) is 1. The predicted molar refractivity (Wildman–Crippen MR) is 117 cm³/mol. The molecule has 0 unspecified atom stereocenters. The molecule has 6 nitrogen and oxygen atoms in total. The zero-order valence-electron chi connectivity index (χ0n) is 17.5. The summed E-state index contributed by atoms with van der Waals surface area (Å²) in [5.41, 5.74) is 1.39. The molecule has 7 heteroatoms. The molecule has 29 heavy (non-hydrogen) atoms. The van der Waals surface area contributed by atoms with Crippen LogP contribution in [-0.2, 0) is 11.2 Å². The second-order valence-electron chi connectivity index (χ2n) is 9.04. The summed E-state index contributed by atoms with van der Waals surface area (Å²) in [6, 6.07) is 9.97. The van der Waals surface area contributed by atoms with Crippen LogP contribution < -0.4 is 16.0 Å². The van der Waals surface area contributed by atoms with Crippen LogP contribution >= 0.6 is 11.3 Å². The summed E-state index contributed by atoms with van der Waals surface area (Å²) in [7, 11) is 0. The fraction of sp³-hybridized carbons (Fsp3) is 0.500. The third kappa shape index (κ3) is 6.37. The maximum atomic E-state index is 12.6. The van der Waals surface area contributed by atoms with Gasteiger partial charge in [-0.1, -0.05) is 30.3 Å². The maximum absolute atomic E-state index is 12.6. The first-order valence-corrected chi connectivity index (χ1v) is 10.9. The zero-order valence-corrected chi connectivity index (χ0v) is 18.4. The van der Waals surface area contributed by atoms with E-state index in [1.165, 1.54) is 11.3 Å². The van der Waals surface area contributed by atoms with Crippen LogP contribution in [0, 0.1) is 0 Å². The Balaban J connectivity index is 1.52. The summed E-state index contributed by atoms with van der Waals surface area (Å²) in [6.07, 6.45) is 2.77. The molecule has 0 saturated carbocycles. The van der Waals surface area contributed by atoms with Gasteiger partial charge in [-0.05, 0) is 52.5 Å². The molecule has 0 aliphatic carbocycles. The van der Waals surface area contributed by atoms with Gasteiger partial charge in [0.05, 0.1) is 0 Å². The summed E-state index contributed by atoms with van der Waals surface area (Å²) in [5.74, 6) is -0.290. The number of benzene rings is 1. The molecule has 1 fully saturated rings. The molecule has 1 aromatic heterocycles. The predicted octanol–water partition coefficient (Wildman–Crippen LogP) is 3.75. The van der Waals surface area contributed by atoms with Gasteiger partial charge in [-0.2, -0.15) is 0 Å². The Morgan fingerprint density at radius 3 is 2.45 bits per heavy atom. The van der Waals surface area contributed by atoms with E-state index in [0.29, 0.717) is 23.7 Å². The van der Waals surface area contributed by atoms with Crippen molar-refractivity contribution in [2.75, 3.05) is 5.32 Å². The molecule has 2 amide bonds. The smallest absolute Gasteiger partial charge is 0.271 e. The lowest BCUT2D eigenvalue weighted by Gasteiger charge is -2.46. The van der Waals surface area contributed by atoms with Crippen LogP contribution in [0.4, 0.5) is 5.13 Å². The average molecular weight is 415 g/mol. The Morgan fingerprint density at radius 1 is 1.14 bits per heavy atom. The first-order chi connectivity index (χ1) is 13.6. The average Bonchev–Trinajstić information content (AvgIpc) is 3.06. The van der Waals surface area contributed by atoms with Crippen molar-refractivity contribution in [3.63, 3.8) is 0 Å². The van der Waals surface area contributed by atoms with Crippen LogP contribution in [0.1, 0.15) is 63.0 Å². The van der Waals surface area contributed by atoms with Gasteiger partial charge in [0.25, 0.3) is 5.91 Å². The van der Waals surface area contributed by atoms with Gasteiger partial charge in [0, 0.05) is 28.9 Å². The maximum Gasteiger partial charge on any atom is 0.271 e. The third-order valence-electron chi connectivity index (χ3n) is 4.99. The second kappa shape index (κ2) is 8.63. The summed E-state index contributed by atoms with van der Waals surface area (Å²) in [4.78, 5) is 29.1. The monoisotopic (exact) mass is 414 g/mol. The van der Waals surface area contributed by atoms with E-state index in [4.69, 9.17) is 0 Å². The highest BCUT2D eigenvalue weighted by Gasteiger charge is 2.38. The van der Waals surface area contributed by atoms with Gasteiger partial charge in [-0.3, -0.25) is 9.59 Å². The molecule has 0 radical (unpaired) electrons. The largest absolute Gasteiger partial charge is 0.348 e. The molecule has 0 atom stereocenters. The Morgan fingerprint density at radius 2 is 1.79 bits per heavy atom. The fourth-order valence-electron chi connectivity index (χ4n) is 4.20. The van der Waals surface area contributed by atoms with E-state index in [1.54, 1.807) is 5.38 Å². The summed E-state index contributed by atoms with van der Waals surface area (Å²) in [5, 5.41) is 11.7. The zero-order chi connectivity index (χ0) is 21.1. The number of aryl methyl sites for hydroxylation is 1. The van der Waals surface area contributed by atoms with Crippen LogP contribution in [0.2, 0.25) is 0 Å². The van der Waals surface area contributed by atoms with Gasteiger partial charge in [-0.15, -0.1) is 11.3 Å². The van der Waals surface area contributed by atoms with Crippen molar-refractivity contribution in [3.8, 4) is 0 Å². The highest BCUT2D eigenvalue weighted by Crippen LogP contribution is 2.28. The van der Waals surface area contributed by atoms with Gasteiger partial charge in [0.2, 0.25) is 5.91 Å². The molecule has 1 aliphatic rings. The van der Waals surface area contributed by atoms with E-state index in [1.807, 2.05) is 30.3 Å². The van der Waals surface area contributed by atoms with Crippen LogP contribution in [0.5, 0.6) is 0 Å². The van der Waals surface area contributed by atoms with Gasteiger partial charge in [0.1, 0.15) is 5.69 Å². The number of nitrogens with one attached hydrogen (secondary N) is 3. The standard InChI is InChI=1S/C22H30N4O2S/c1-21(2)12-16(13-22(3,4)26-21)23-19(28)17-14-29-20(24-17)25-18(27)11-10-15-8-6-5-7-9-15/h5-9,14,16,26H,10-13H2,1-4H3,(H,23,28)(H,24,25,27). The van der Waals surface area contributed by atoms with Crippen LogP contribution in [-0.4, -0.2) is 33.9 Å². The number of carbonyl (C=O) groups is 2. The first-order valence-electron chi connectivity index (χ1n) is 10.0. The minimum Gasteiger partial charge on any atom is -0.348 e. The van der Waals surface area contributed by atoms with Crippen molar-refractivity contribution in [1.82, 2.24) is 15.6 Å². The lowest BCUT2D eigenvalue weighted by atomic mass is 9.79. The molecule has 0 bridgehead atoms. The first kappa shape index (κ1) is 21.5. The highest BCUT2D eigenvalue weighted by atomic mass is 32.1. The number of anilines is 1. The molecule has 0 spiro atoms. The van der Waals surface area contributed by atoms with E-state index in [-0.39, 0.29) is 28.9 Å². The minimum absolute atomic E-state index is 0.0420. The van der Waals surface area contributed by atoms with Crippen LogP contribution in [0.25, 0.3) is 0 Å². The summed E-state index contributed by atoms with van der Waals surface area (Å²) in [6.45, 7) is 8.61. The number of aromatic nitrogens is 1. The molecular formula is C22H30N4O2S. The van der Waals surface area contributed by atoms with Crippen molar-refractivity contribution in [2.45, 2.75) is 70.5 Å². The number of thiazole rings is 1. The van der Waals surface area contributed by atoms with E-state index >= 15 is 0 Å². The number of hydrogen-bond donors (Lipinski definition) is 3. The lowest BCUT2D eigenvalue weighted by Crippen LogP contribution is -2.62. The Kier molecular flexibility index (Phi) is 6.39. The number of carbonyl (C=O) groups excluding carboxylic acids is 2. The quantitative estimate of drug-likeness (QED) is 0.672. The SMILES string of the molecule is CC1(C)CC(NC(=O)c2csc(NC(=O)CCc3ccccc3)n2)CC(C)(C)N1. The molecule has 2 aromatic rings. The number of piperidine rings is 1. The Bertz CT molecular complexity index is 845. The van der Waals surface area contributed by atoms with E-state index in [9.17, 15) is 9.59 Å². The molecule has 1 saturated heterocycles. The number of rotatable bonds is 6. The second-order valence-corrected chi connectivity index (χ2v) is 9.90. The molecule has 2 heterocycles. The Hall–Kier alpha value is -2.25. The van der Waals surface area contributed by atoms with Crippen molar-refractivity contribution in [2.24, 2.45) is 0 Å². The fourth-order valence-corrected chi connectivity index (χ4v) is 4.91. The Labute approximate surface area is 176 Å². The summed E-state index contributed by atoms with van der Waals surface area (Å²) >= 11 is 1.27. The van der Waals surface area contributed by atoms with Crippen LogP contribution in [0.15, 0.2) is 35.7 Å². The van der Waals surface area contributed by atoms with E-state index in [2.05, 4.69) is 48.6 Å². The van der Waals surface area contributed by atoms with Gasteiger partial charge < -0.3 is 16.0 Å². The molecule has 3 rings (SSSR count). The molecular weight excluding hydrogens is 384 g/mol. The lowest BCUT2D eigenvalue weighted by molar-refractivity contribution is -0.116. The van der Waals surface area contributed by atoms with Crippen LogP contribution in [0.3, 0.4) is 0 Å². The van der Waals surface area contributed by atoms with Crippen molar-refractivity contribution in [3.05, 3.63) is 47.0 Å². The molecule has 3 N–H and O–H groups in total. The number of hydrogen-bond acceptors (Lipinski definition) is 5. The van der Waals surface area contributed by atoms with Crippen molar-refractivity contribution < 1.29 is 9.59 Å². The minimum atomic E-state index is -0.190. The molecule has 1 aliphatic heterocycles. The van der Waals surface area contributed by atoms with E-state index < -0.39 is 0 Å². The van der Waals surface area contributed by atoms with Crippen molar-refractivity contribution >= 4 is 28.3 Å². The highest BCUT2D eigenvalue weighted by molar-refractivity contribution is 7.14. The van der Waals surface area contributed by atoms with E-state index in [0.717, 1.165) is 18.4 Å². The van der Waals surface area contributed by atoms with Gasteiger partial charge in [-0.25, -0.2) is 4.98 Å². The molecule has 156 valence electrons. The van der Waals surface area contributed by atoms with Gasteiger partial charge >= 0.3 is 0 Å². The van der Waals surface area contributed by atoms with Crippen molar-refractivity contribution in [1.29, 1.82) is 0 Å². The van der Waals surface area contributed by atoms with Gasteiger partial charge in [0.15, 0.2) is 5.13 Å². The summed E-state index contributed by atoms with van der Waals surface area (Å²) < 4.78 is 0. The number of amides is 2.